The molecule has 0 saturated heterocycles. The van der Waals surface area contributed by atoms with Crippen LogP contribution in [0.5, 0.6) is 11.5 Å². The van der Waals surface area contributed by atoms with Crippen LogP contribution < -0.4 is 15.1 Å². The maximum Gasteiger partial charge on any atom is 0.336 e. The summed E-state index contributed by atoms with van der Waals surface area (Å²) in [4.78, 5) is 11.8. The van der Waals surface area contributed by atoms with E-state index in [9.17, 15) is 4.79 Å². The molecule has 3 rings (SSSR count). The normalized spacial score (nSPS) is 10.6. The van der Waals surface area contributed by atoms with E-state index in [1.807, 2.05) is 30.3 Å². The summed E-state index contributed by atoms with van der Waals surface area (Å²) in [6.07, 6.45) is 0. The van der Waals surface area contributed by atoms with Gasteiger partial charge in [-0.2, -0.15) is 0 Å². The van der Waals surface area contributed by atoms with E-state index in [-0.39, 0.29) is 0 Å². The van der Waals surface area contributed by atoms with Crippen molar-refractivity contribution in [2.24, 2.45) is 0 Å². The molecule has 0 N–H and O–H groups in total. The molecule has 0 unspecified atom stereocenters. The molecule has 0 atom stereocenters. The van der Waals surface area contributed by atoms with Crippen molar-refractivity contribution >= 4 is 11.0 Å². The van der Waals surface area contributed by atoms with E-state index in [2.05, 4.69) is 0 Å². The van der Waals surface area contributed by atoms with E-state index < -0.39 is 5.63 Å². The van der Waals surface area contributed by atoms with Gasteiger partial charge in [-0.15, -0.1) is 0 Å². The molecule has 0 aliphatic carbocycles. The highest BCUT2D eigenvalue weighted by Crippen LogP contribution is 2.35. The van der Waals surface area contributed by atoms with Crippen molar-refractivity contribution < 1.29 is 13.9 Å². The zero-order chi connectivity index (χ0) is 14.8. The maximum absolute atomic E-state index is 11.8. The SMILES string of the molecule is COc1ccc2oc(=O)cc(-c3ccccc3OC)c2c1. The Balaban J connectivity index is 2.37. The summed E-state index contributed by atoms with van der Waals surface area (Å²) in [5, 5.41) is 0.804. The summed E-state index contributed by atoms with van der Waals surface area (Å²) < 4.78 is 15.9. The molecule has 0 aliphatic rings. The van der Waals surface area contributed by atoms with Gasteiger partial charge >= 0.3 is 5.63 Å². The van der Waals surface area contributed by atoms with Crippen LogP contribution in [-0.2, 0) is 0 Å². The largest absolute Gasteiger partial charge is 0.497 e. The maximum atomic E-state index is 11.8. The van der Waals surface area contributed by atoms with Gasteiger partial charge in [0.25, 0.3) is 0 Å². The molecular formula is C17H14O4. The average Bonchev–Trinajstić information content (AvgIpc) is 2.53. The molecule has 3 aromatic rings. The predicted octanol–water partition coefficient (Wildman–Crippen LogP) is 3.48. The summed E-state index contributed by atoms with van der Waals surface area (Å²) in [5.41, 5.74) is 1.72. The number of methoxy groups -OCH3 is 2. The molecule has 0 radical (unpaired) electrons. The minimum Gasteiger partial charge on any atom is -0.497 e. The van der Waals surface area contributed by atoms with Crippen LogP contribution in [0.15, 0.2) is 57.7 Å². The molecule has 0 spiro atoms. The fraction of sp³-hybridized carbons (Fsp3) is 0.118. The van der Waals surface area contributed by atoms with Gasteiger partial charge in [0, 0.05) is 22.6 Å². The third-order valence-corrected chi connectivity index (χ3v) is 3.35. The van der Waals surface area contributed by atoms with Gasteiger partial charge < -0.3 is 13.9 Å². The third-order valence-electron chi connectivity index (χ3n) is 3.35. The molecule has 0 saturated carbocycles. The lowest BCUT2D eigenvalue weighted by Crippen LogP contribution is -1.99. The number of ether oxygens (including phenoxy) is 2. The number of hydrogen-bond donors (Lipinski definition) is 0. The molecule has 0 amide bonds. The van der Waals surface area contributed by atoms with Crippen LogP contribution in [0.2, 0.25) is 0 Å². The Morgan fingerprint density at radius 2 is 1.71 bits per heavy atom. The zero-order valence-electron chi connectivity index (χ0n) is 11.8. The Bertz CT molecular complexity index is 849. The Kier molecular flexibility index (Phi) is 3.36. The van der Waals surface area contributed by atoms with Crippen LogP contribution in [0.3, 0.4) is 0 Å². The van der Waals surface area contributed by atoms with E-state index in [0.29, 0.717) is 17.1 Å². The Hall–Kier alpha value is -2.75. The fourth-order valence-electron chi connectivity index (χ4n) is 2.36. The van der Waals surface area contributed by atoms with Crippen LogP contribution in [0.1, 0.15) is 0 Å². The number of rotatable bonds is 3. The molecule has 1 heterocycles. The zero-order valence-corrected chi connectivity index (χ0v) is 11.8. The topological polar surface area (TPSA) is 48.7 Å². The number of para-hydroxylation sites is 1. The fourth-order valence-corrected chi connectivity index (χ4v) is 2.36. The standard InChI is InChI=1S/C17H14O4/c1-19-11-7-8-16-14(9-11)13(10-17(18)21-16)12-5-3-4-6-15(12)20-2/h3-10H,1-2H3. The summed E-state index contributed by atoms with van der Waals surface area (Å²) in [6.45, 7) is 0. The summed E-state index contributed by atoms with van der Waals surface area (Å²) in [7, 11) is 3.20. The van der Waals surface area contributed by atoms with Gasteiger partial charge in [0.15, 0.2) is 0 Å². The summed E-state index contributed by atoms with van der Waals surface area (Å²) in [5.74, 6) is 1.40. The smallest absolute Gasteiger partial charge is 0.336 e. The molecule has 4 heteroatoms. The molecule has 0 bridgehead atoms. The van der Waals surface area contributed by atoms with Gasteiger partial charge in [-0.05, 0) is 24.3 Å². The van der Waals surface area contributed by atoms with E-state index in [1.54, 1.807) is 26.4 Å². The lowest BCUT2D eigenvalue weighted by molar-refractivity contribution is 0.414. The second kappa shape index (κ2) is 5.32. The lowest BCUT2D eigenvalue weighted by atomic mass is 10.0. The Labute approximate surface area is 121 Å². The van der Waals surface area contributed by atoms with Crippen LogP contribution in [0.4, 0.5) is 0 Å². The van der Waals surface area contributed by atoms with Gasteiger partial charge in [-0.1, -0.05) is 18.2 Å². The van der Waals surface area contributed by atoms with Crippen LogP contribution >= 0.6 is 0 Å². The first kappa shape index (κ1) is 13.2. The van der Waals surface area contributed by atoms with Crippen LogP contribution in [-0.4, -0.2) is 14.2 Å². The molecule has 1 aromatic heterocycles. The first-order chi connectivity index (χ1) is 10.2. The number of hydrogen-bond acceptors (Lipinski definition) is 4. The van der Waals surface area contributed by atoms with Crippen molar-refractivity contribution in [2.75, 3.05) is 14.2 Å². The quantitative estimate of drug-likeness (QED) is 0.690. The molecule has 21 heavy (non-hydrogen) atoms. The van der Waals surface area contributed by atoms with Crippen molar-refractivity contribution in [1.82, 2.24) is 0 Å². The Morgan fingerprint density at radius 1 is 0.905 bits per heavy atom. The minimum atomic E-state index is -0.395. The number of fused-ring (bicyclic) bond motifs is 1. The molecule has 106 valence electrons. The van der Waals surface area contributed by atoms with Crippen molar-refractivity contribution in [3.8, 4) is 22.6 Å². The van der Waals surface area contributed by atoms with E-state index >= 15 is 0 Å². The summed E-state index contributed by atoms with van der Waals surface area (Å²) >= 11 is 0. The van der Waals surface area contributed by atoms with E-state index in [1.165, 1.54) is 6.07 Å². The molecule has 2 aromatic carbocycles. The molecular weight excluding hydrogens is 268 g/mol. The first-order valence-electron chi connectivity index (χ1n) is 6.48. The van der Waals surface area contributed by atoms with Gasteiger partial charge in [-0.3, -0.25) is 0 Å². The first-order valence-corrected chi connectivity index (χ1v) is 6.48. The van der Waals surface area contributed by atoms with Gasteiger partial charge in [0.2, 0.25) is 0 Å². The number of benzene rings is 2. The van der Waals surface area contributed by atoms with Gasteiger partial charge in [-0.25, -0.2) is 4.79 Å². The van der Waals surface area contributed by atoms with Crippen molar-refractivity contribution in [3.63, 3.8) is 0 Å². The average molecular weight is 282 g/mol. The van der Waals surface area contributed by atoms with Crippen molar-refractivity contribution in [3.05, 3.63) is 59.0 Å². The van der Waals surface area contributed by atoms with Gasteiger partial charge in [0.05, 0.1) is 14.2 Å². The highest BCUT2D eigenvalue weighted by atomic mass is 16.5. The van der Waals surface area contributed by atoms with E-state index in [4.69, 9.17) is 13.9 Å². The third kappa shape index (κ3) is 2.36. The van der Waals surface area contributed by atoms with Crippen LogP contribution in [0.25, 0.3) is 22.1 Å². The molecule has 0 aliphatic heterocycles. The predicted molar refractivity (Wildman–Crippen MR) is 81.0 cm³/mol. The van der Waals surface area contributed by atoms with Gasteiger partial charge in [0.1, 0.15) is 17.1 Å². The summed E-state index contributed by atoms with van der Waals surface area (Å²) in [6, 6.07) is 14.4. The highest BCUT2D eigenvalue weighted by Gasteiger charge is 2.12. The second-order valence-electron chi connectivity index (χ2n) is 4.54. The molecule has 4 nitrogen and oxygen atoms in total. The second-order valence-corrected chi connectivity index (χ2v) is 4.54. The van der Waals surface area contributed by atoms with E-state index in [0.717, 1.165) is 16.5 Å². The van der Waals surface area contributed by atoms with Crippen molar-refractivity contribution in [2.45, 2.75) is 0 Å². The lowest BCUT2D eigenvalue weighted by Gasteiger charge is -2.11. The monoisotopic (exact) mass is 282 g/mol. The van der Waals surface area contributed by atoms with Crippen LogP contribution in [0, 0.1) is 0 Å². The molecule has 0 fully saturated rings. The Morgan fingerprint density at radius 3 is 2.48 bits per heavy atom. The van der Waals surface area contributed by atoms with Crippen molar-refractivity contribution in [1.29, 1.82) is 0 Å². The highest BCUT2D eigenvalue weighted by molar-refractivity contribution is 5.95. The minimum absolute atomic E-state index is 0.395.